The predicted octanol–water partition coefficient (Wildman–Crippen LogP) is 3.31. The first-order valence-corrected chi connectivity index (χ1v) is 5.41. The highest BCUT2D eigenvalue weighted by Crippen LogP contribution is 2.07. The molecule has 1 heterocycles. The Bertz CT molecular complexity index is 192. The summed E-state index contributed by atoms with van der Waals surface area (Å²) in [6, 6.07) is 2.06. The molecule has 0 aliphatic carbocycles. The summed E-state index contributed by atoms with van der Waals surface area (Å²) in [7, 11) is 0. The number of aromatic amines is 1. The van der Waals surface area contributed by atoms with Gasteiger partial charge < -0.3 is 0 Å². The van der Waals surface area contributed by atoms with Crippen LogP contribution >= 0.6 is 0 Å². The molecule has 0 amide bonds. The minimum absolute atomic E-state index is 1.16. The summed E-state index contributed by atoms with van der Waals surface area (Å²) in [5.41, 5.74) is 1.27. The first kappa shape index (κ1) is 10.3. The van der Waals surface area contributed by atoms with Crippen molar-refractivity contribution in [1.29, 1.82) is 0 Å². The lowest BCUT2D eigenvalue weighted by Gasteiger charge is -1.98. The van der Waals surface area contributed by atoms with Gasteiger partial charge in [0.25, 0.3) is 0 Å². The van der Waals surface area contributed by atoms with Gasteiger partial charge in [0.05, 0.1) is 0 Å². The highest BCUT2D eigenvalue weighted by atomic mass is 15.1. The van der Waals surface area contributed by atoms with Crippen molar-refractivity contribution in [2.75, 3.05) is 0 Å². The summed E-state index contributed by atoms with van der Waals surface area (Å²) in [5, 5.41) is 6.91. The molecule has 1 aromatic heterocycles. The fourth-order valence-electron chi connectivity index (χ4n) is 1.52. The number of unbranched alkanes of at least 4 members (excludes halogenated alkanes) is 5. The van der Waals surface area contributed by atoms with Crippen LogP contribution in [0.4, 0.5) is 0 Å². The smallest absolute Gasteiger partial charge is 0.0490 e. The Balaban J connectivity index is 1.90. The van der Waals surface area contributed by atoms with Crippen LogP contribution in [0.25, 0.3) is 0 Å². The van der Waals surface area contributed by atoms with Crippen LogP contribution in [-0.4, -0.2) is 10.2 Å². The maximum Gasteiger partial charge on any atom is 0.0490 e. The van der Waals surface area contributed by atoms with Crippen LogP contribution in [-0.2, 0) is 6.42 Å². The van der Waals surface area contributed by atoms with E-state index in [1.807, 2.05) is 6.20 Å². The second-order valence-corrected chi connectivity index (χ2v) is 3.60. The summed E-state index contributed by atoms with van der Waals surface area (Å²) in [5.74, 6) is 0. The molecule has 0 fully saturated rings. The van der Waals surface area contributed by atoms with Crippen LogP contribution in [0.2, 0.25) is 0 Å². The summed E-state index contributed by atoms with van der Waals surface area (Å²) >= 11 is 0. The van der Waals surface area contributed by atoms with Crippen molar-refractivity contribution in [3.63, 3.8) is 0 Å². The number of aryl methyl sites for hydroxylation is 1. The Morgan fingerprint density at radius 3 is 2.62 bits per heavy atom. The topological polar surface area (TPSA) is 28.7 Å². The molecule has 0 unspecified atom stereocenters. The maximum atomic E-state index is 3.93. The van der Waals surface area contributed by atoms with E-state index in [0.29, 0.717) is 0 Å². The minimum Gasteiger partial charge on any atom is -0.283 e. The first-order valence-electron chi connectivity index (χ1n) is 5.41. The highest BCUT2D eigenvalue weighted by molar-refractivity contribution is 4.96. The Hall–Kier alpha value is -0.790. The SMILES string of the molecule is CCCCCCCCc1ccn[nH]1. The number of aromatic nitrogens is 2. The lowest BCUT2D eigenvalue weighted by atomic mass is 10.1. The van der Waals surface area contributed by atoms with E-state index < -0.39 is 0 Å². The molecule has 0 radical (unpaired) electrons. The van der Waals surface area contributed by atoms with E-state index in [0.717, 1.165) is 6.42 Å². The zero-order chi connectivity index (χ0) is 9.36. The van der Waals surface area contributed by atoms with Crippen LogP contribution in [0.1, 0.15) is 51.1 Å². The molecule has 0 aliphatic rings. The van der Waals surface area contributed by atoms with Crippen molar-refractivity contribution < 1.29 is 0 Å². The molecule has 74 valence electrons. The molecule has 0 atom stereocenters. The van der Waals surface area contributed by atoms with Gasteiger partial charge in [-0.1, -0.05) is 39.0 Å². The third-order valence-corrected chi connectivity index (χ3v) is 2.36. The zero-order valence-corrected chi connectivity index (χ0v) is 8.55. The average Bonchev–Trinajstić information content (AvgIpc) is 2.63. The third kappa shape index (κ3) is 4.71. The summed E-state index contributed by atoms with van der Waals surface area (Å²) in [4.78, 5) is 0. The largest absolute Gasteiger partial charge is 0.283 e. The van der Waals surface area contributed by atoms with Crippen LogP contribution in [0, 0.1) is 0 Å². The first-order chi connectivity index (χ1) is 6.43. The van der Waals surface area contributed by atoms with Gasteiger partial charge in [0.15, 0.2) is 0 Å². The lowest BCUT2D eigenvalue weighted by Crippen LogP contribution is -1.86. The molecule has 0 spiro atoms. The van der Waals surface area contributed by atoms with Gasteiger partial charge in [-0.25, -0.2) is 0 Å². The van der Waals surface area contributed by atoms with Crippen molar-refractivity contribution in [1.82, 2.24) is 10.2 Å². The monoisotopic (exact) mass is 180 g/mol. The Labute approximate surface area is 80.7 Å². The van der Waals surface area contributed by atoms with Gasteiger partial charge in [0.2, 0.25) is 0 Å². The van der Waals surface area contributed by atoms with Crippen molar-refractivity contribution in [3.8, 4) is 0 Å². The number of rotatable bonds is 7. The number of nitrogens with one attached hydrogen (secondary N) is 1. The average molecular weight is 180 g/mol. The second kappa shape index (κ2) is 6.70. The molecule has 1 N–H and O–H groups in total. The van der Waals surface area contributed by atoms with Crippen molar-refractivity contribution >= 4 is 0 Å². The van der Waals surface area contributed by atoms with E-state index in [1.165, 1.54) is 44.2 Å². The van der Waals surface area contributed by atoms with E-state index in [9.17, 15) is 0 Å². The minimum atomic E-state index is 1.16. The molecule has 0 aliphatic heterocycles. The lowest BCUT2D eigenvalue weighted by molar-refractivity contribution is 0.604. The Kier molecular flexibility index (Phi) is 5.30. The van der Waals surface area contributed by atoms with Crippen LogP contribution in [0.15, 0.2) is 12.3 Å². The highest BCUT2D eigenvalue weighted by Gasteiger charge is 1.93. The van der Waals surface area contributed by atoms with Gasteiger partial charge in [0, 0.05) is 11.9 Å². The number of H-pyrrole nitrogens is 1. The second-order valence-electron chi connectivity index (χ2n) is 3.60. The summed E-state index contributed by atoms with van der Waals surface area (Å²) < 4.78 is 0. The van der Waals surface area contributed by atoms with E-state index in [2.05, 4.69) is 23.2 Å². The van der Waals surface area contributed by atoms with Gasteiger partial charge in [-0.2, -0.15) is 5.10 Å². The normalized spacial score (nSPS) is 10.5. The quantitative estimate of drug-likeness (QED) is 0.641. The van der Waals surface area contributed by atoms with Crippen molar-refractivity contribution in [2.24, 2.45) is 0 Å². The fourth-order valence-corrected chi connectivity index (χ4v) is 1.52. The molecule has 0 aromatic carbocycles. The van der Waals surface area contributed by atoms with E-state index in [-0.39, 0.29) is 0 Å². The standard InChI is InChI=1S/C11H20N2/c1-2-3-4-5-6-7-8-11-9-10-12-13-11/h9-10H,2-8H2,1H3,(H,12,13). The summed E-state index contributed by atoms with van der Waals surface area (Å²) in [6.07, 6.45) is 11.2. The molecule has 2 heteroatoms. The van der Waals surface area contributed by atoms with Crippen LogP contribution in [0.3, 0.4) is 0 Å². The molecule has 1 rings (SSSR count). The predicted molar refractivity (Wildman–Crippen MR) is 55.7 cm³/mol. The zero-order valence-electron chi connectivity index (χ0n) is 8.55. The van der Waals surface area contributed by atoms with Gasteiger partial charge in [0.1, 0.15) is 0 Å². The van der Waals surface area contributed by atoms with Gasteiger partial charge >= 0.3 is 0 Å². The Morgan fingerprint density at radius 2 is 1.92 bits per heavy atom. The molecular weight excluding hydrogens is 160 g/mol. The fraction of sp³-hybridized carbons (Fsp3) is 0.727. The van der Waals surface area contributed by atoms with Gasteiger partial charge in [-0.15, -0.1) is 0 Å². The Morgan fingerprint density at radius 1 is 1.15 bits per heavy atom. The van der Waals surface area contributed by atoms with Gasteiger partial charge in [-0.3, -0.25) is 5.10 Å². The molecule has 2 nitrogen and oxygen atoms in total. The van der Waals surface area contributed by atoms with Crippen molar-refractivity contribution in [3.05, 3.63) is 18.0 Å². The molecule has 0 saturated heterocycles. The number of hydrogen-bond donors (Lipinski definition) is 1. The maximum absolute atomic E-state index is 3.93. The van der Waals surface area contributed by atoms with E-state index in [4.69, 9.17) is 0 Å². The van der Waals surface area contributed by atoms with Crippen molar-refractivity contribution in [2.45, 2.75) is 51.9 Å². The molecule has 0 bridgehead atoms. The summed E-state index contributed by atoms with van der Waals surface area (Å²) in [6.45, 7) is 2.25. The molecule has 1 aromatic rings. The van der Waals surface area contributed by atoms with E-state index >= 15 is 0 Å². The molecule has 0 saturated carbocycles. The number of hydrogen-bond acceptors (Lipinski definition) is 1. The third-order valence-electron chi connectivity index (χ3n) is 2.36. The van der Waals surface area contributed by atoms with Crippen LogP contribution in [0.5, 0.6) is 0 Å². The van der Waals surface area contributed by atoms with Crippen LogP contribution < -0.4 is 0 Å². The molecule has 13 heavy (non-hydrogen) atoms. The molecular formula is C11H20N2. The number of nitrogens with zero attached hydrogens (tertiary/aromatic N) is 1. The van der Waals surface area contributed by atoms with Gasteiger partial charge in [-0.05, 0) is 18.9 Å². The van der Waals surface area contributed by atoms with E-state index in [1.54, 1.807) is 0 Å².